The van der Waals surface area contributed by atoms with Crippen LogP contribution in [0.25, 0.3) is 11.3 Å². The highest BCUT2D eigenvalue weighted by Crippen LogP contribution is 2.33. The van der Waals surface area contributed by atoms with Crippen molar-refractivity contribution in [1.29, 1.82) is 0 Å². The highest BCUT2D eigenvalue weighted by Gasteiger charge is 2.18. The minimum absolute atomic E-state index is 0.297. The van der Waals surface area contributed by atoms with Gasteiger partial charge in [0.05, 0.1) is 15.6 Å². The molecule has 0 radical (unpaired) electrons. The molecule has 28 heavy (non-hydrogen) atoms. The van der Waals surface area contributed by atoms with E-state index in [9.17, 15) is 8.42 Å². The molecule has 1 N–H and O–H groups in total. The van der Waals surface area contributed by atoms with E-state index in [2.05, 4.69) is 9.71 Å². The van der Waals surface area contributed by atoms with Gasteiger partial charge in [0.2, 0.25) is 0 Å². The Bertz CT molecular complexity index is 1030. The highest BCUT2D eigenvalue weighted by atomic mass is 32.2. The van der Waals surface area contributed by atoms with E-state index in [4.69, 9.17) is 0 Å². The molecule has 146 valence electrons. The van der Waals surface area contributed by atoms with Gasteiger partial charge in [0.15, 0.2) is 0 Å². The Labute approximate surface area is 170 Å². The lowest BCUT2D eigenvalue weighted by Gasteiger charge is -2.22. The molecule has 1 aromatic heterocycles. The number of hydrogen-bond donors (Lipinski definition) is 1. The lowest BCUT2D eigenvalue weighted by Crippen LogP contribution is -2.13. The van der Waals surface area contributed by atoms with E-state index in [1.807, 2.05) is 36.6 Å². The fourth-order valence-electron chi connectivity index (χ4n) is 3.77. The quantitative estimate of drug-likeness (QED) is 0.562. The smallest absolute Gasteiger partial charge is 0.261 e. The molecule has 4 nitrogen and oxygen atoms in total. The van der Waals surface area contributed by atoms with Crippen molar-refractivity contribution in [1.82, 2.24) is 4.98 Å². The molecule has 2 aromatic carbocycles. The lowest BCUT2D eigenvalue weighted by atomic mass is 9.84. The first kappa shape index (κ1) is 19.2. The Hall–Kier alpha value is -2.18. The molecular formula is C22H24N2O2S2. The number of nitrogens with one attached hydrogen (secondary N) is 1. The van der Waals surface area contributed by atoms with E-state index in [-0.39, 0.29) is 0 Å². The Balaban J connectivity index is 1.47. The lowest BCUT2D eigenvalue weighted by molar-refractivity contribution is 0.443. The number of thiazole rings is 1. The maximum atomic E-state index is 12.7. The van der Waals surface area contributed by atoms with Gasteiger partial charge in [-0.05, 0) is 55.5 Å². The summed E-state index contributed by atoms with van der Waals surface area (Å²) in [7, 11) is -3.60. The Morgan fingerprint density at radius 3 is 2.25 bits per heavy atom. The maximum absolute atomic E-state index is 12.7. The summed E-state index contributed by atoms with van der Waals surface area (Å²) in [5.74, 6) is 0.570. The summed E-state index contributed by atoms with van der Waals surface area (Å²) in [4.78, 5) is 4.76. The zero-order valence-corrected chi connectivity index (χ0v) is 17.5. The number of benzene rings is 2. The van der Waals surface area contributed by atoms with E-state index in [1.54, 1.807) is 35.6 Å². The van der Waals surface area contributed by atoms with Gasteiger partial charge >= 0.3 is 0 Å². The number of aromatic nitrogens is 1. The summed E-state index contributed by atoms with van der Waals surface area (Å²) in [6, 6.07) is 14.7. The molecule has 0 unspecified atom stereocenters. The number of sulfonamides is 1. The number of nitrogens with zero attached hydrogens (tertiary/aromatic N) is 1. The molecule has 6 heteroatoms. The van der Waals surface area contributed by atoms with Gasteiger partial charge < -0.3 is 0 Å². The first-order valence-electron chi connectivity index (χ1n) is 9.67. The average molecular weight is 413 g/mol. The van der Waals surface area contributed by atoms with Crippen molar-refractivity contribution >= 4 is 27.0 Å². The zero-order chi connectivity index (χ0) is 19.6. The van der Waals surface area contributed by atoms with Gasteiger partial charge in [0.25, 0.3) is 10.0 Å². The van der Waals surface area contributed by atoms with E-state index >= 15 is 0 Å². The number of hydrogen-bond acceptors (Lipinski definition) is 4. The SMILES string of the molecule is Cc1nc(-c2ccc(NS(=O)(=O)c3ccc(C4CCCCC4)cc3)cc2)cs1. The molecule has 1 saturated carbocycles. The van der Waals surface area contributed by atoms with Crippen LogP contribution in [0, 0.1) is 6.92 Å². The Morgan fingerprint density at radius 1 is 0.964 bits per heavy atom. The van der Waals surface area contributed by atoms with Crippen LogP contribution in [0.4, 0.5) is 5.69 Å². The molecule has 1 aliphatic carbocycles. The third-order valence-corrected chi connectivity index (χ3v) is 7.49. The van der Waals surface area contributed by atoms with Crippen LogP contribution in [0.1, 0.15) is 48.6 Å². The van der Waals surface area contributed by atoms with Crippen LogP contribution in [0.3, 0.4) is 0 Å². The summed E-state index contributed by atoms with van der Waals surface area (Å²) in [6.45, 7) is 1.97. The van der Waals surface area contributed by atoms with Crippen molar-refractivity contribution < 1.29 is 8.42 Å². The van der Waals surface area contributed by atoms with Crippen molar-refractivity contribution in [2.45, 2.75) is 49.8 Å². The second-order valence-corrected chi connectivity index (χ2v) is 10.1. The van der Waals surface area contributed by atoms with Crippen LogP contribution < -0.4 is 4.72 Å². The molecule has 1 fully saturated rings. The molecule has 1 heterocycles. The first-order chi connectivity index (χ1) is 13.5. The van der Waals surface area contributed by atoms with Gasteiger partial charge in [-0.3, -0.25) is 4.72 Å². The van der Waals surface area contributed by atoms with Gasteiger partial charge in [0, 0.05) is 16.6 Å². The maximum Gasteiger partial charge on any atom is 0.261 e. The molecule has 0 aliphatic heterocycles. The van der Waals surface area contributed by atoms with Crippen LogP contribution >= 0.6 is 11.3 Å². The van der Waals surface area contributed by atoms with Crippen molar-refractivity contribution in [3.8, 4) is 11.3 Å². The zero-order valence-electron chi connectivity index (χ0n) is 15.9. The van der Waals surface area contributed by atoms with E-state index in [1.165, 1.54) is 37.7 Å². The van der Waals surface area contributed by atoms with Crippen molar-refractivity contribution in [2.75, 3.05) is 4.72 Å². The summed E-state index contributed by atoms with van der Waals surface area (Å²) in [5, 5.41) is 3.01. The predicted octanol–water partition coefficient (Wildman–Crippen LogP) is 5.97. The fraction of sp³-hybridized carbons (Fsp3) is 0.318. The normalized spacial score (nSPS) is 15.5. The third-order valence-electron chi connectivity index (χ3n) is 5.32. The summed E-state index contributed by atoms with van der Waals surface area (Å²) in [6.07, 6.45) is 6.25. The van der Waals surface area contributed by atoms with Gasteiger partial charge in [-0.2, -0.15) is 0 Å². The molecule has 0 bridgehead atoms. The standard InChI is InChI=1S/C22H24N2O2S2/c1-16-23-22(15-27-16)19-7-11-20(12-8-19)24-28(25,26)21-13-9-18(10-14-21)17-5-3-2-4-6-17/h7-15,17,24H,2-6H2,1H3. The van der Waals surface area contributed by atoms with Crippen molar-refractivity contribution in [2.24, 2.45) is 0 Å². The van der Waals surface area contributed by atoms with E-state index in [0.29, 0.717) is 16.5 Å². The van der Waals surface area contributed by atoms with Crippen LogP contribution in [0.5, 0.6) is 0 Å². The second-order valence-electron chi connectivity index (χ2n) is 7.34. The number of aryl methyl sites for hydroxylation is 1. The minimum atomic E-state index is -3.60. The van der Waals surface area contributed by atoms with Crippen LogP contribution in [-0.2, 0) is 10.0 Å². The van der Waals surface area contributed by atoms with Crippen LogP contribution in [0.15, 0.2) is 58.8 Å². The Kier molecular flexibility index (Phi) is 5.51. The van der Waals surface area contributed by atoms with E-state index < -0.39 is 10.0 Å². The van der Waals surface area contributed by atoms with E-state index in [0.717, 1.165) is 16.3 Å². The molecule has 1 aliphatic rings. The second kappa shape index (κ2) is 8.05. The molecule has 0 atom stereocenters. The fourth-order valence-corrected chi connectivity index (χ4v) is 5.45. The first-order valence-corrected chi connectivity index (χ1v) is 12.0. The van der Waals surface area contributed by atoms with Crippen molar-refractivity contribution in [3.63, 3.8) is 0 Å². The van der Waals surface area contributed by atoms with Gasteiger partial charge in [0.1, 0.15) is 0 Å². The number of rotatable bonds is 5. The van der Waals surface area contributed by atoms with Crippen molar-refractivity contribution in [3.05, 3.63) is 64.5 Å². The number of anilines is 1. The molecule has 3 aromatic rings. The molecule has 0 spiro atoms. The summed E-state index contributed by atoms with van der Waals surface area (Å²) >= 11 is 1.60. The van der Waals surface area contributed by atoms with Crippen LogP contribution in [0.2, 0.25) is 0 Å². The molecule has 4 rings (SSSR count). The average Bonchev–Trinajstić information content (AvgIpc) is 3.15. The molecular weight excluding hydrogens is 388 g/mol. The largest absolute Gasteiger partial charge is 0.280 e. The summed E-state index contributed by atoms with van der Waals surface area (Å²) < 4.78 is 28.1. The third kappa shape index (κ3) is 4.28. The predicted molar refractivity (Wildman–Crippen MR) is 115 cm³/mol. The van der Waals surface area contributed by atoms with Crippen LogP contribution in [-0.4, -0.2) is 13.4 Å². The topological polar surface area (TPSA) is 59.1 Å². The van der Waals surface area contributed by atoms with Gasteiger partial charge in [-0.1, -0.05) is 43.5 Å². The highest BCUT2D eigenvalue weighted by molar-refractivity contribution is 7.92. The van der Waals surface area contributed by atoms with Gasteiger partial charge in [-0.25, -0.2) is 13.4 Å². The minimum Gasteiger partial charge on any atom is -0.280 e. The van der Waals surface area contributed by atoms with Gasteiger partial charge in [-0.15, -0.1) is 11.3 Å². The molecule has 0 saturated heterocycles. The molecule has 0 amide bonds. The Morgan fingerprint density at radius 2 is 1.64 bits per heavy atom. The summed E-state index contributed by atoms with van der Waals surface area (Å²) in [5.41, 5.74) is 3.69. The monoisotopic (exact) mass is 412 g/mol.